The van der Waals surface area contributed by atoms with Gasteiger partial charge in [-0.3, -0.25) is 9.78 Å². The molecule has 128 valence electrons. The van der Waals surface area contributed by atoms with E-state index in [0.29, 0.717) is 5.56 Å². The number of carbonyl (C=O) groups is 1. The zero-order valence-corrected chi connectivity index (χ0v) is 14.7. The highest BCUT2D eigenvalue weighted by Crippen LogP contribution is 2.21. The summed E-state index contributed by atoms with van der Waals surface area (Å²) in [5.74, 6) is 1.73. The Morgan fingerprint density at radius 3 is 2.50 bits per heavy atom. The zero-order valence-electron chi connectivity index (χ0n) is 14.7. The van der Waals surface area contributed by atoms with Crippen molar-refractivity contribution in [3.63, 3.8) is 0 Å². The molecular weight excluding hydrogens is 298 g/mol. The minimum Gasteiger partial charge on any atom is -0.494 e. The van der Waals surface area contributed by atoms with Gasteiger partial charge in [0, 0.05) is 17.3 Å². The number of benzene rings is 1. The summed E-state index contributed by atoms with van der Waals surface area (Å²) < 4.78 is 5.80. The van der Waals surface area contributed by atoms with Crippen LogP contribution in [0, 0.1) is 5.92 Å². The number of hydrogen-bond donors (Lipinski definition) is 0. The van der Waals surface area contributed by atoms with Gasteiger partial charge in [-0.1, -0.05) is 39.5 Å². The fraction of sp³-hybridized carbons (Fsp3) is 0.429. The Bertz CT molecular complexity index is 605. The van der Waals surface area contributed by atoms with Gasteiger partial charge < -0.3 is 4.74 Å². The predicted molar refractivity (Wildman–Crippen MR) is 98.5 cm³/mol. The van der Waals surface area contributed by atoms with E-state index >= 15 is 0 Å². The number of unbranched alkanes of at least 4 members (excludes halogenated alkanes) is 2. The summed E-state index contributed by atoms with van der Waals surface area (Å²) in [5, 5.41) is 0. The van der Waals surface area contributed by atoms with Gasteiger partial charge in [0.15, 0.2) is 6.29 Å². The third-order valence-electron chi connectivity index (χ3n) is 4.38. The molecule has 0 spiro atoms. The number of aromatic nitrogens is 1. The number of hydrogen-bond acceptors (Lipinski definition) is 3. The fourth-order valence-electron chi connectivity index (χ4n) is 2.53. The molecule has 0 fully saturated rings. The highest BCUT2D eigenvalue weighted by atomic mass is 16.5. The molecule has 0 aliphatic carbocycles. The van der Waals surface area contributed by atoms with Crippen molar-refractivity contribution < 1.29 is 9.53 Å². The maximum atomic E-state index is 10.7. The predicted octanol–water partition coefficient (Wildman–Crippen LogP) is 5.55. The van der Waals surface area contributed by atoms with Gasteiger partial charge in [-0.2, -0.15) is 0 Å². The second kappa shape index (κ2) is 9.86. The molecule has 3 heteroatoms. The van der Waals surface area contributed by atoms with E-state index in [4.69, 9.17) is 4.74 Å². The van der Waals surface area contributed by atoms with Gasteiger partial charge in [-0.25, -0.2) is 0 Å². The molecule has 0 saturated heterocycles. The maximum absolute atomic E-state index is 10.7. The molecule has 0 bridgehead atoms. The molecule has 2 rings (SSSR count). The number of ether oxygens (including phenoxy) is 1. The molecule has 3 nitrogen and oxygen atoms in total. The third kappa shape index (κ3) is 5.80. The Labute approximate surface area is 145 Å². The van der Waals surface area contributed by atoms with E-state index in [1.54, 1.807) is 12.3 Å². The fourth-order valence-corrected chi connectivity index (χ4v) is 2.53. The largest absolute Gasteiger partial charge is 0.494 e. The second-order valence-corrected chi connectivity index (χ2v) is 6.33. The van der Waals surface area contributed by atoms with Crippen molar-refractivity contribution in [2.45, 2.75) is 46.0 Å². The lowest BCUT2D eigenvalue weighted by Gasteiger charge is -2.09. The van der Waals surface area contributed by atoms with Crippen LogP contribution in [0.3, 0.4) is 0 Å². The lowest BCUT2D eigenvalue weighted by Crippen LogP contribution is -1.98. The van der Waals surface area contributed by atoms with E-state index in [2.05, 4.69) is 18.8 Å². The highest BCUT2D eigenvalue weighted by molar-refractivity contribution is 5.75. The molecule has 1 heterocycles. The van der Waals surface area contributed by atoms with E-state index in [1.165, 1.54) is 25.7 Å². The molecule has 0 saturated carbocycles. The van der Waals surface area contributed by atoms with E-state index in [1.807, 2.05) is 30.3 Å². The normalized spacial score (nSPS) is 11.9. The first-order valence-electron chi connectivity index (χ1n) is 8.87. The van der Waals surface area contributed by atoms with Crippen LogP contribution in [0.2, 0.25) is 0 Å². The Morgan fingerprint density at radius 1 is 1.08 bits per heavy atom. The number of pyridine rings is 1. The minimum atomic E-state index is 0.590. The number of nitrogens with zero attached hydrogens (tertiary/aromatic N) is 1. The van der Waals surface area contributed by atoms with Crippen LogP contribution < -0.4 is 4.74 Å². The van der Waals surface area contributed by atoms with Crippen molar-refractivity contribution in [2.75, 3.05) is 6.61 Å². The maximum Gasteiger partial charge on any atom is 0.151 e. The third-order valence-corrected chi connectivity index (χ3v) is 4.38. The number of carbonyl (C=O) groups excluding carboxylic acids is 1. The molecule has 1 aromatic carbocycles. The lowest BCUT2D eigenvalue weighted by atomic mass is 10.0. The SMILES string of the molecule is CC[C@H](C)CCCCCOc1ccc(-c2ccc(C=O)cn2)cc1. The minimum absolute atomic E-state index is 0.590. The van der Waals surface area contributed by atoms with Gasteiger partial charge in [-0.05, 0) is 48.7 Å². The average molecular weight is 325 g/mol. The van der Waals surface area contributed by atoms with Gasteiger partial charge >= 0.3 is 0 Å². The molecule has 0 radical (unpaired) electrons. The van der Waals surface area contributed by atoms with Gasteiger partial charge in [0.25, 0.3) is 0 Å². The first-order chi connectivity index (χ1) is 11.7. The first-order valence-corrected chi connectivity index (χ1v) is 8.87. The van der Waals surface area contributed by atoms with Gasteiger partial charge in [0.2, 0.25) is 0 Å². The van der Waals surface area contributed by atoms with Crippen molar-refractivity contribution >= 4 is 6.29 Å². The molecule has 0 aliphatic rings. The van der Waals surface area contributed by atoms with Crippen molar-refractivity contribution in [2.24, 2.45) is 5.92 Å². The molecule has 24 heavy (non-hydrogen) atoms. The summed E-state index contributed by atoms with van der Waals surface area (Å²) >= 11 is 0. The Morgan fingerprint density at radius 2 is 1.88 bits per heavy atom. The summed E-state index contributed by atoms with van der Waals surface area (Å²) in [6.07, 6.45) is 8.61. The van der Waals surface area contributed by atoms with Crippen LogP contribution in [-0.4, -0.2) is 17.9 Å². The summed E-state index contributed by atoms with van der Waals surface area (Å²) in [4.78, 5) is 15.0. The molecule has 0 amide bonds. The molecule has 1 atom stereocenters. The van der Waals surface area contributed by atoms with Gasteiger partial charge in [-0.15, -0.1) is 0 Å². The molecule has 0 N–H and O–H groups in total. The zero-order chi connectivity index (χ0) is 17.2. The van der Waals surface area contributed by atoms with Crippen molar-refractivity contribution in [1.82, 2.24) is 4.98 Å². The summed E-state index contributed by atoms with van der Waals surface area (Å²) in [7, 11) is 0. The summed E-state index contributed by atoms with van der Waals surface area (Å²) in [6, 6.07) is 11.6. The summed E-state index contributed by atoms with van der Waals surface area (Å²) in [5.41, 5.74) is 2.47. The van der Waals surface area contributed by atoms with Crippen LogP contribution in [0.25, 0.3) is 11.3 Å². The van der Waals surface area contributed by atoms with Crippen LogP contribution in [0.5, 0.6) is 5.75 Å². The Kier molecular flexibility index (Phi) is 7.47. The van der Waals surface area contributed by atoms with Crippen LogP contribution in [0.4, 0.5) is 0 Å². The van der Waals surface area contributed by atoms with Crippen molar-refractivity contribution in [1.29, 1.82) is 0 Å². The number of rotatable bonds is 10. The average Bonchev–Trinajstić information content (AvgIpc) is 2.65. The van der Waals surface area contributed by atoms with Crippen LogP contribution >= 0.6 is 0 Å². The molecule has 0 unspecified atom stereocenters. The highest BCUT2D eigenvalue weighted by Gasteiger charge is 2.01. The van der Waals surface area contributed by atoms with Crippen molar-refractivity contribution in [3.8, 4) is 17.0 Å². The Balaban J connectivity index is 1.74. The second-order valence-electron chi connectivity index (χ2n) is 6.33. The lowest BCUT2D eigenvalue weighted by molar-refractivity contribution is 0.112. The van der Waals surface area contributed by atoms with Gasteiger partial charge in [0.05, 0.1) is 12.3 Å². The van der Waals surface area contributed by atoms with Gasteiger partial charge in [0.1, 0.15) is 5.75 Å². The molecule has 1 aromatic heterocycles. The smallest absolute Gasteiger partial charge is 0.151 e. The number of aldehydes is 1. The van der Waals surface area contributed by atoms with Crippen LogP contribution in [-0.2, 0) is 0 Å². The quantitative estimate of drug-likeness (QED) is 0.425. The van der Waals surface area contributed by atoms with Crippen LogP contribution in [0.1, 0.15) is 56.3 Å². The van der Waals surface area contributed by atoms with E-state index in [-0.39, 0.29) is 0 Å². The summed E-state index contributed by atoms with van der Waals surface area (Å²) in [6.45, 7) is 5.34. The van der Waals surface area contributed by atoms with E-state index < -0.39 is 0 Å². The van der Waals surface area contributed by atoms with E-state index in [0.717, 1.165) is 42.2 Å². The van der Waals surface area contributed by atoms with Crippen molar-refractivity contribution in [3.05, 3.63) is 48.2 Å². The van der Waals surface area contributed by atoms with Crippen LogP contribution in [0.15, 0.2) is 42.6 Å². The first kappa shape index (κ1) is 18.2. The molecule has 0 aliphatic heterocycles. The topological polar surface area (TPSA) is 39.2 Å². The monoisotopic (exact) mass is 325 g/mol. The standard InChI is InChI=1S/C21H27NO2/c1-3-17(2)7-5-4-6-14-24-20-11-9-19(10-12-20)21-13-8-18(16-23)15-22-21/h8-13,15-17H,3-7,14H2,1-2H3/t17-/m0/s1. The Hall–Kier alpha value is -2.16. The molecule has 2 aromatic rings. The van der Waals surface area contributed by atoms with E-state index in [9.17, 15) is 4.79 Å². The molecular formula is C21H27NO2.